The molecule has 79 heavy (non-hydrogen) atoms. The lowest BCUT2D eigenvalue weighted by molar-refractivity contribution is -0.293. The standard InChI is InChI=1S/C61H88O18/c1-27-13-35-7-9-39-28(2)14-37(66-39)11-12-60-25-48-55(78-60)56-57(73-48)58(79-60)54-40(70-56)10-8-36(68-54)16-49(65)74-53-32(6)52-45(69-44(53)17-41(67-35)31(27)5)19-43-47(72-52)24-61(76-43)23-33-22-59(20-29(3)50(33)77-61)21-30(4)51-46(75-59)18-42(71-51)38(64)15-34(63)26-62/h27,29-30,32-48,50-58,62-64H,2,5,7-26H2,1,3-4,6H3/t27-,29+,30+,32+,33+,34+,35?,36-,37+,38-,39+,40+,41-,42+,43-,44?,45+,46+,47-,48+,50+,51+,52+,53?,54+,55+,56+,57-,58+,59-,60+,61-/m1/s1. The first-order valence-electron chi connectivity index (χ1n) is 31.1. The highest BCUT2D eigenvalue weighted by Gasteiger charge is 2.70. The van der Waals surface area contributed by atoms with Gasteiger partial charge in [-0.25, -0.2) is 0 Å². The van der Waals surface area contributed by atoms with Crippen molar-refractivity contribution in [2.24, 2.45) is 29.6 Å². The van der Waals surface area contributed by atoms with Gasteiger partial charge in [0.05, 0.1) is 129 Å². The molecule has 15 saturated heterocycles. The fourth-order valence-electron chi connectivity index (χ4n) is 19.0. The molecular weight excluding hydrogens is 1020 g/mol. The highest BCUT2D eigenvalue weighted by atomic mass is 16.8. The number of ether oxygens (including phenoxy) is 14. The zero-order chi connectivity index (χ0) is 54.0. The van der Waals surface area contributed by atoms with E-state index in [1.54, 1.807) is 0 Å². The molecule has 18 heteroatoms. The van der Waals surface area contributed by atoms with E-state index in [2.05, 4.69) is 40.9 Å². The van der Waals surface area contributed by atoms with Crippen molar-refractivity contribution < 1.29 is 86.4 Å². The molecule has 3 N–H and O–H groups in total. The Kier molecular flexibility index (Phi) is 13.8. The number of fused-ring (bicyclic) bond motifs is 10. The lowest BCUT2D eigenvalue weighted by Gasteiger charge is -2.51. The Morgan fingerprint density at radius 1 is 0.532 bits per heavy atom. The van der Waals surface area contributed by atoms with E-state index >= 15 is 0 Å². The number of hydrogen-bond donors (Lipinski definition) is 3. The zero-order valence-electron chi connectivity index (χ0n) is 46.8. The molecule has 0 aromatic rings. The van der Waals surface area contributed by atoms with Crippen LogP contribution >= 0.6 is 0 Å². The lowest BCUT2D eigenvalue weighted by atomic mass is 9.66. The Morgan fingerprint density at radius 3 is 2.10 bits per heavy atom. The number of rotatable bonds is 4. The zero-order valence-corrected chi connectivity index (χ0v) is 46.8. The minimum Gasteiger partial charge on any atom is -0.459 e. The molecule has 3 unspecified atom stereocenters. The molecule has 440 valence electrons. The summed E-state index contributed by atoms with van der Waals surface area (Å²) in [6.07, 6.45) is 5.15. The molecule has 15 heterocycles. The van der Waals surface area contributed by atoms with E-state index < -0.39 is 60.9 Å². The number of hydrogen-bond acceptors (Lipinski definition) is 18. The van der Waals surface area contributed by atoms with Crippen molar-refractivity contribution in [1.29, 1.82) is 0 Å². The van der Waals surface area contributed by atoms with E-state index in [-0.39, 0.29) is 158 Å². The van der Waals surface area contributed by atoms with Gasteiger partial charge in [-0.2, -0.15) is 0 Å². The third-order valence-electron chi connectivity index (χ3n) is 22.5. The molecule has 16 fully saturated rings. The minimum atomic E-state index is -0.991. The van der Waals surface area contributed by atoms with Crippen molar-refractivity contribution >= 4 is 5.97 Å². The van der Waals surface area contributed by atoms with E-state index in [1.807, 2.05) is 0 Å². The van der Waals surface area contributed by atoms with Crippen molar-refractivity contribution in [3.05, 3.63) is 24.3 Å². The summed E-state index contributed by atoms with van der Waals surface area (Å²) in [7, 11) is 0. The van der Waals surface area contributed by atoms with Crippen LogP contribution in [0.1, 0.15) is 150 Å². The Hall–Kier alpha value is -1.69. The Balaban J connectivity index is 0.655. The minimum absolute atomic E-state index is 0.00901. The van der Waals surface area contributed by atoms with Gasteiger partial charge in [0.15, 0.2) is 11.6 Å². The summed E-state index contributed by atoms with van der Waals surface area (Å²) >= 11 is 0. The SMILES string of the molecule is C=C1C[C@@H]2CC[C@@]34C[C@@H]5O[C@@H]6[C@@H](O[C@H]7CC[C@H](CC(=O)OC8C(C[C@H]9OC(CC[C@@H]1O2)C[C@@H](C)C9=C)O[C@H]1C[C@H]2O[C@@]9(C[C@@H]%10C[C@@]%11(C[C@H](C)[C@@H]%10O9)C[C@H](C)[C@@H]9O[C@H]([C@H](O)C[C@H](O)CO)C[C@@H]9O%11)C[C@H]2O[C@H]1[C@@H]8C)O[C@@H]7[C@@H]6O3)[C@H]5O4. The molecule has 16 aliphatic rings. The van der Waals surface area contributed by atoms with E-state index in [0.29, 0.717) is 44.9 Å². The van der Waals surface area contributed by atoms with E-state index in [4.69, 9.17) is 66.3 Å². The summed E-state index contributed by atoms with van der Waals surface area (Å²) < 4.78 is 97.1. The fraction of sp³-hybridized carbons (Fsp3) is 0.918. The van der Waals surface area contributed by atoms with Crippen molar-refractivity contribution in [3.63, 3.8) is 0 Å². The molecule has 18 nitrogen and oxygen atoms in total. The second-order valence-corrected chi connectivity index (χ2v) is 28.1. The van der Waals surface area contributed by atoms with Crippen LogP contribution in [0.4, 0.5) is 0 Å². The molecule has 3 spiro atoms. The summed E-state index contributed by atoms with van der Waals surface area (Å²) in [6, 6.07) is 0. The van der Waals surface area contributed by atoms with Crippen LogP contribution in [0.15, 0.2) is 24.3 Å². The molecule has 12 bridgehead atoms. The van der Waals surface area contributed by atoms with Crippen LogP contribution in [0.3, 0.4) is 0 Å². The van der Waals surface area contributed by atoms with Crippen LogP contribution in [-0.2, 0) is 71.1 Å². The molecule has 15 aliphatic heterocycles. The van der Waals surface area contributed by atoms with Crippen LogP contribution in [0, 0.1) is 29.6 Å². The van der Waals surface area contributed by atoms with Gasteiger partial charge in [0.1, 0.15) is 36.6 Å². The van der Waals surface area contributed by atoms with Gasteiger partial charge in [-0.1, -0.05) is 40.9 Å². The third kappa shape index (κ3) is 9.44. The summed E-state index contributed by atoms with van der Waals surface area (Å²) in [5.74, 6) is -1.27. The average molecular weight is 1110 g/mol. The number of carbonyl (C=O) groups is 1. The summed E-state index contributed by atoms with van der Waals surface area (Å²) in [4.78, 5) is 14.6. The Morgan fingerprint density at radius 2 is 1.25 bits per heavy atom. The van der Waals surface area contributed by atoms with E-state index in [1.165, 1.54) is 0 Å². The number of carbonyl (C=O) groups excluding carboxylic acids is 1. The fourth-order valence-corrected chi connectivity index (χ4v) is 19.0. The maximum Gasteiger partial charge on any atom is 0.308 e. The maximum absolute atomic E-state index is 14.6. The smallest absolute Gasteiger partial charge is 0.308 e. The van der Waals surface area contributed by atoms with Gasteiger partial charge in [-0.15, -0.1) is 0 Å². The molecule has 0 amide bonds. The van der Waals surface area contributed by atoms with Crippen LogP contribution in [0.25, 0.3) is 0 Å². The van der Waals surface area contributed by atoms with Crippen LogP contribution in [0.2, 0.25) is 0 Å². The normalized spacial score (nSPS) is 57.2. The summed E-state index contributed by atoms with van der Waals surface area (Å²) in [5, 5.41) is 30.4. The molecule has 0 aromatic carbocycles. The van der Waals surface area contributed by atoms with E-state index in [9.17, 15) is 20.1 Å². The second-order valence-electron chi connectivity index (χ2n) is 28.1. The molecule has 0 aromatic heterocycles. The highest BCUT2D eigenvalue weighted by Crippen LogP contribution is 2.60. The first kappa shape index (κ1) is 54.0. The van der Waals surface area contributed by atoms with Gasteiger partial charge in [0.25, 0.3) is 0 Å². The molecule has 16 rings (SSSR count). The van der Waals surface area contributed by atoms with E-state index in [0.717, 1.165) is 75.4 Å². The van der Waals surface area contributed by atoms with Crippen molar-refractivity contribution in [3.8, 4) is 0 Å². The van der Waals surface area contributed by atoms with Gasteiger partial charge >= 0.3 is 5.97 Å². The second kappa shape index (κ2) is 20.2. The average Bonchev–Trinajstić information content (AvgIpc) is 4.46. The van der Waals surface area contributed by atoms with Gasteiger partial charge in [0, 0.05) is 57.3 Å². The van der Waals surface area contributed by atoms with Crippen LogP contribution < -0.4 is 0 Å². The molecule has 32 atom stereocenters. The highest BCUT2D eigenvalue weighted by molar-refractivity contribution is 5.70. The largest absolute Gasteiger partial charge is 0.459 e. The van der Waals surface area contributed by atoms with Crippen molar-refractivity contribution in [1.82, 2.24) is 0 Å². The number of esters is 1. The van der Waals surface area contributed by atoms with Gasteiger partial charge in [0.2, 0.25) is 0 Å². The summed E-state index contributed by atoms with van der Waals surface area (Å²) in [5.41, 5.74) is 1.82. The molecular formula is C61H88O18. The summed E-state index contributed by atoms with van der Waals surface area (Å²) in [6.45, 7) is 17.6. The number of aliphatic hydroxyl groups excluding tert-OH is 3. The first-order chi connectivity index (χ1) is 38.0. The van der Waals surface area contributed by atoms with Crippen LogP contribution in [0.5, 0.6) is 0 Å². The quantitative estimate of drug-likeness (QED) is 0.232. The molecule has 0 radical (unpaired) electrons. The Labute approximate surface area is 464 Å². The number of aliphatic hydroxyl groups is 3. The third-order valence-corrected chi connectivity index (χ3v) is 22.5. The predicted octanol–water partition coefficient (Wildman–Crippen LogP) is 5.59. The predicted molar refractivity (Wildman–Crippen MR) is 277 cm³/mol. The van der Waals surface area contributed by atoms with Crippen molar-refractivity contribution in [2.75, 3.05) is 6.61 Å². The van der Waals surface area contributed by atoms with Gasteiger partial charge in [-0.3, -0.25) is 4.79 Å². The topological polar surface area (TPSA) is 207 Å². The van der Waals surface area contributed by atoms with Crippen molar-refractivity contribution in [2.45, 2.75) is 313 Å². The Bertz CT molecular complexity index is 2340. The molecule has 1 saturated carbocycles. The van der Waals surface area contributed by atoms with Gasteiger partial charge in [-0.05, 0) is 99.0 Å². The van der Waals surface area contributed by atoms with Crippen LogP contribution in [-0.4, -0.2) is 192 Å². The first-order valence-corrected chi connectivity index (χ1v) is 31.1. The molecule has 1 aliphatic carbocycles. The van der Waals surface area contributed by atoms with Gasteiger partial charge < -0.3 is 81.6 Å². The maximum atomic E-state index is 14.6. The lowest BCUT2D eigenvalue weighted by Crippen LogP contribution is -2.62. The monoisotopic (exact) mass is 1110 g/mol.